The van der Waals surface area contributed by atoms with Crippen molar-refractivity contribution in [3.05, 3.63) is 63.9 Å². The molecule has 0 bridgehead atoms. The van der Waals surface area contributed by atoms with Crippen molar-refractivity contribution >= 4 is 39.2 Å². The molecule has 0 aliphatic rings. The fourth-order valence-corrected chi connectivity index (χ4v) is 2.59. The van der Waals surface area contributed by atoms with E-state index in [0.717, 1.165) is 10.9 Å². The van der Waals surface area contributed by atoms with Crippen molar-refractivity contribution in [3.63, 3.8) is 0 Å². The summed E-state index contributed by atoms with van der Waals surface area (Å²) in [6.07, 6.45) is 0. The average molecular weight is 270 g/mol. The molecule has 92 valence electrons. The molecule has 2 aromatic heterocycles. The smallest absolute Gasteiger partial charge is 0.269 e. The molecule has 19 heavy (non-hydrogen) atoms. The zero-order chi connectivity index (χ0) is 13.0. The number of hydrogen-bond donors (Lipinski definition) is 0. The second-order valence-corrected chi connectivity index (χ2v) is 4.86. The highest BCUT2D eigenvalue weighted by Gasteiger charge is 2.11. The number of rotatable bonds is 0. The van der Waals surface area contributed by atoms with Crippen LogP contribution in [0.1, 0.15) is 0 Å². The standard InChI is InChI=1S/C15H8ClNO2/c16-10-5-6-12-9(7-10)8-14-17(12)15(18)11-3-1-2-4-13(11)19-14/h1-8H. The third-order valence-electron chi connectivity index (χ3n) is 3.26. The van der Waals surface area contributed by atoms with Crippen molar-refractivity contribution in [1.82, 2.24) is 4.40 Å². The molecule has 2 aromatic carbocycles. The molecule has 0 N–H and O–H groups in total. The Kier molecular flexibility index (Phi) is 2.03. The van der Waals surface area contributed by atoms with Crippen LogP contribution in [-0.4, -0.2) is 4.40 Å². The lowest BCUT2D eigenvalue weighted by Gasteiger charge is -1.99. The summed E-state index contributed by atoms with van der Waals surface area (Å²) in [7, 11) is 0. The number of benzene rings is 2. The van der Waals surface area contributed by atoms with Crippen molar-refractivity contribution in [2.24, 2.45) is 0 Å². The Balaban J connectivity index is 2.33. The van der Waals surface area contributed by atoms with Gasteiger partial charge in [-0.05, 0) is 30.3 Å². The van der Waals surface area contributed by atoms with Crippen molar-refractivity contribution in [2.75, 3.05) is 0 Å². The number of fused-ring (bicyclic) bond motifs is 4. The molecule has 0 atom stereocenters. The van der Waals surface area contributed by atoms with Gasteiger partial charge in [-0.1, -0.05) is 23.7 Å². The van der Waals surface area contributed by atoms with E-state index >= 15 is 0 Å². The normalized spacial score (nSPS) is 11.6. The van der Waals surface area contributed by atoms with Crippen LogP contribution in [0.3, 0.4) is 0 Å². The quantitative estimate of drug-likeness (QED) is 0.486. The summed E-state index contributed by atoms with van der Waals surface area (Å²) in [5.74, 6) is 0. The van der Waals surface area contributed by atoms with Gasteiger partial charge in [0.1, 0.15) is 5.58 Å². The molecule has 0 aliphatic heterocycles. The van der Waals surface area contributed by atoms with E-state index in [0.29, 0.717) is 21.7 Å². The van der Waals surface area contributed by atoms with Gasteiger partial charge in [0.15, 0.2) is 0 Å². The van der Waals surface area contributed by atoms with E-state index in [2.05, 4.69) is 0 Å². The van der Waals surface area contributed by atoms with Crippen LogP contribution in [0.5, 0.6) is 0 Å². The molecule has 4 heteroatoms. The minimum atomic E-state index is -0.0748. The first-order valence-corrected chi connectivity index (χ1v) is 6.24. The summed E-state index contributed by atoms with van der Waals surface area (Å²) in [5, 5.41) is 2.10. The topological polar surface area (TPSA) is 34.6 Å². The molecular formula is C15H8ClNO2. The van der Waals surface area contributed by atoms with Gasteiger partial charge in [0.2, 0.25) is 5.71 Å². The number of aromatic nitrogens is 1. The average Bonchev–Trinajstić information content (AvgIpc) is 2.76. The summed E-state index contributed by atoms with van der Waals surface area (Å²) in [4.78, 5) is 12.5. The molecule has 4 rings (SSSR count). The van der Waals surface area contributed by atoms with E-state index in [4.69, 9.17) is 16.0 Å². The van der Waals surface area contributed by atoms with Gasteiger partial charge in [-0.3, -0.25) is 4.79 Å². The van der Waals surface area contributed by atoms with Crippen LogP contribution < -0.4 is 5.56 Å². The van der Waals surface area contributed by atoms with E-state index < -0.39 is 0 Å². The summed E-state index contributed by atoms with van der Waals surface area (Å²) in [6, 6.07) is 14.5. The van der Waals surface area contributed by atoms with Crippen molar-refractivity contribution in [2.45, 2.75) is 0 Å². The van der Waals surface area contributed by atoms with Gasteiger partial charge in [-0.2, -0.15) is 0 Å². The highest BCUT2D eigenvalue weighted by atomic mass is 35.5. The first-order valence-electron chi connectivity index (χ1n) is 5.86. The van der Waals surface area contributed by atoms with E-state index in [9.17, 15) is 4.79 Å². The second kappa shape index (κ2) is 3.62. The van der Waals surface area contributed by atoms with Gasteiger partial charge in [0.25, 0.3) is 5.56 Å². The Morgan fingerprint density at radius 3 is 2.79 bits per heavy atom. The number of halogens is 1. The van der Waals surface area contributed by atoms with E-state index in [1.807, 2.05) is 30.3 Å². The van der Waals surface area contributed by atoms with Gasteiger partial charge >= 0.3 is 0 Å². The lowest BCUT2D eigenvalue weighted by Crippen LogP contribution is -2.11. The summed E-state index contributed by atoms with van der Waals surface area (Å²) in [6.45, 7) is 0. The monoisotopic (exact) mass is 269 g/mol. The van der Waals surface area contributed by atoms with E-state index in [1.54, 1.807) is 22.6 Å². The van der Waals surface area contributed by atoms with Crippen LogP contribution in [0.25, 0.3) is 27.6 Å². The molecule has 3 nitrogen and oxygen atoms in total. The predicted molar refractivity (Wildman–Crippen MR) is 76.0 cm³/mol. The first kappa shape index (κ1) is 10.6. The van der Waals surface area contributed by atoms with Crippen LogP contribution in [0.4, 0.5) is 0 Å². The summed E-state index contributed by atoms with van der Waals surface area (Å²) < 4.78 is 7.35. The third-order valence-corrected chi connectivity index (χ3v) is 3.50. The van der Waals surface area contributed by atoms with Crippen LogP contribution in [0.2, 0.25) is 5.02 Å². The Morgan fingerprint density at radius 2 is 1.89 bits per heavy atom. The Labute approximate surface area is 112 Å². The second-order valence-electron chi connectivity index (χ2n) is 4.42. The molecule has 0 fully saturated rings. The maximum atomic E-state index is 12.5. The molecule has 0 spiro atoms. The number of nitrogens with zero attached hydrogens (tertiary/aromatic N) is 1. The Morgan fingerprint density at radius 1 is 1.05 bits per heavy atom. The van der Waals surface area contributed by atoms with Crippen molar-refractivity contribution in [3.8, 4) is 0 Å². The van der Waals surface area contributed by atoms with Gasteiger partial charge in [0, 0.05) is 16.5 Å². The zero-order valence-corrected chi connectivity index (χ0v) is 10.5. The van der Waals surface area contributed by atoms with Crippen LogP contribution in [0, 0.1) is 0 Å². The highest BCUT2D eigenvalue weighted by molar-refractivity contribution is 6.31. The minimum absolute atomic E-state index is 0.0748. The fourth-order valence-electron chi connectivity index (χ4n) is 2.41. The van der Waals surface area contributed by atoms with Gasteiger partial charge in [-0.15, -0.1) is 0 Å². The molecule has 4 aromatic rings. The van der Waals surface area contributed by atoms with Crippen LogP contribution >= 0.6 is 11.6 Å². The first-order chi connectivity index (χ1) is 9.24. The number of hydrogen-bond acceptors (Lipinski definition) is 2. The van der Waals surface area contributed by atoms with Crippen molar-refractivity contribution in [1.29, 1.82) is 0 Å². The lowest BCUT2D eigenvalue weighted by atomic mass is 10.2. The van der Waals surface area contributed by atoms with Crippen LogP contribution in [0.15, 0.2) is 57.7 Å². The SMILES string of the molecule is O=c1c2ccccc2oc2cc3cc(Cl)ccc3n12. The highest BCUT2D eigenvalue weighted by Crippen LogP contribution is 2.24. The molecule has 2 heterocycles. The predicted octanol–water partition coefficient (Wildman–Crippen LogP) is 3.85. The fraction of sp³-hybridized carbons (Fsp3) is 0. The molecule has 0 saturated heterocycles. The van der Waals surface area contributed by atoms with Gasteiger partial charge in [0.05, 0.1) is 10.9 Å². The molecule has 0 amide bonds. The molecule has 0 saturated carbocycles. The minimum Gasteiger partial charge on any atom is -0.440 e. The molecule has 0 unspecified atom stereocenters. The maximum Gasteiger partial charge on any atom is 0.269 e. The maximum absolute atomic E-state index is 12.5. The molecule has 0 radical (unpaired) electrons. The Hall–Kier alpha value is -2.26. The molecular weight excluding hydrogens is 262 g/mol. The number of para-hydroxylation sites is 1. The Bertz CT molecular complexity index is 997. The van der Waals surface area contributed by atoms with E-state index in [-0.39, 0.29) is 5.56 Å². The van der Waals surface area contributed by atoms with Gasteiger partial charge < -0.3 is 4.42 Å². The summed E-state index contributed by atoms with van der Waals surface area (Å²) in [5.41, 5.74) is 1.85. The van der Waals surface area contributed by atoms with E-state index in [1.165, 1.54) is 0 Å². The van der Waals surface area contributed by atoms with Crippen LogP contribution in [-0.2, 0) is 0 Å². The lowest BCUT2D eigenvalue weighted by molar-refractivity contribution is 0.631. The largest absolute Gasteiger partial charge is 0.440 e. The third kappa shape index (κ3) is 1.42. The summed E-state index contributed by atoms with van der Waals surface area (Å²) >= 11 is 5.97. The molecule has 0 aliphatic carbocycles. The van der Waals surface area contributed by atoms with Gasteiger partial charge in [-0.25, -0.2) is 4.40 Å². The zero-order valence-electron chi connectivity index (χ0n) is 9.76. The van der Waals surface area contributed by atoms with Crippen molar-refractivity contribution < 1.29 is 4.42 Å².